The average molecular weight is 207 g/mol. The van der Waals surface area contributed by atoms with Crippen molar-refractivity contribution in [3.05, 3.63) is 29.6 Å². The van der Waals surface area contributed by atoms with Crippen LogP contribution in [0.25, 0.3) is 0 Å². The second-order valence-electron chi connectivity index (χ2n) is 3.65. The summed E-state index contributed by atoms with van der Waals surface area (Å²) in [6, 6.07) is 3.60. The third-order valence-electron chi connectivity index (χ3n) is 2.78. The Balaban J connectivity index is 2.40. The molecule has 1 heterocycles. The molecule has 0 aromatic carbocycles. The maximum atomic E-state index is 11.5. The lowest BCUT2D eigenvalue weighted by atomic mass is 9.84. The highest BCUT2D eigenvalue weighted by Gasteiger charge is 2.31. The molecule has 1 aliphatic rings. The fourth-order valence-electron chi connectivity index (χ4n) is 2.01. The third kappa shape index (κ3) is 1.72. The molecule has 1 unspecified atom stereocenters. The van der Waals surface area contributed by atoms with Crippen LogP contribution in [0.1, 0.15) is 36.1 Å². The molecular formula is C11H13NO3. The van der Waals surface area contributed by atoms with Crippen molar-refractivity contribution in [2.45, 2.75) is 24.9 Å². The number of ether oxygens (including phenoxy) is 1. The Hall–Kier alpha value is -1.42. The van der Waals surface area contributed by atoms with E-state index in [0.717, 1.165) is 5.56 Å². The molecule has 80 valence electrons. The Morgan fingerprint density at radius 3 is 3.13 bits per heavy atom. The minimum Gasteiger partial charge on any atom is -0.469 e. The smallest absolute Gasteiger partial charge is 0.313 e. The molecule has 0 fully saturated rings. The highest BCUT2D eigenvalue weighted by atomic mass is 16.5. The monoisotopic (exact) mass is 207 g/mol. The number of esters is 1. The van der Waals surface area contributed by atoms with Crippen LogP contribution in [0, 0.1) is 0 Å². The van der Waals surface area contributed by atoms with E-state index in [1.807, 2.05) is 6.07 Å². The highest BCUT2D eigenvalue weighted by molar-refractivity contribution is 5.78. The molecule has 2 atom stereocenters. The number of carbonyl (C=O) groups is 1. The Labute approximate surface area is 87.9 Å². The lowest BCUT2D eigenvalue weighted by Gasteiger charge is -2.25. The van der Waals surface area contributed by atoms with Gasteiger partial charge in [-0.15, -0.1) is 0 Å². The summed E-state index contributed by atoms with van der Waals surface area (Å²) in [5.74, 6) is -0.529. The van der Waals surface area contributed by atoms with Gasteiger partial charge in [0, 0.05) is 6.20 Å². The van der Waals surface area contributed by atoms with Gasteiger partial charge < -0.3 is 9.84 Å². The number of carbonyl (C=O) groups excluding carboxylic acids is 1. The number of hydrogen-bond acceptors (Lipinski definition) is 4. The summed E-state index contributed by atoms with van der Waals surface area (Å²) in [4.78, 5) is 15.6. The van der Waals surface area contributed by atoms with E-state index in [0.29, 0.717) is 18.5 Å². The van der Waals surface area contributed by atoms with Crippen LogP contribution in [0.5, 0.6) is 0 Å². The van der Waals surface area contributed by atoms with Gasteiger partial charge in [0.15, 0.2) is 0 Å². The van der Waals surface area contributed by atoms with Crippen LogP contribution >= 0.6 is 0 Å². The van der Waals surface area contributed by atoms with Crippen LogP contribution in [0.3, 0.4) is 0 Å². The second kappa shape index (κ2) is 3.98. The number of aliphatic hydroxyl groups is 1. The molecule has 1 aromatic rings. The van der Waals surface area contributed by atoms with Crippen molar-refractivity contribution in [2.75, 3.05) is 7.11 Å². The van der Waals surface area contributed by atoms with Crippen molar-refractivity contribution in [1.29, 1.82) is 0 Å². The van der Waals surface area contributed by atoms with Crippen LogP contribution in [0.4, 0.5) is 0 Å². The summed E-state index contributed by atoms with van der Waals surface area (Å²) >= 11 is 0. The van der Waals surface area contributed by atoms with Crippen molar-refractivity contribution in [3.8, 4) is 0 Å². The van der Waals surface area contributed by atoms with E-state index in [1.165, 1.54) is 7.11 Å². The van der Waals surface area contributed by atoms with Crippen molar-refractivity contribution in [2.24, 2.45) is 0 Å². The predicted octanol–water partition coefficient (Wildman–Crippen LogP) is 1.17. The number of aromatic nitrogens is 1. The molecule has 4 heteroatoms. The SMILES string of the molecule is COC(=O)[C@H]1CCC(O)c2ncccc21. The number of nitrogens with zero attached hydrogens (tertiary/aromatic N) is 1. The van der Waals surface area contributed by atoms with Crippen molar-refractivity contribution < 1.29 is 14.6 Å². The maximum absolute atomic E-state index is 11.5. The first kappa shape index (κ1) is 10.1. The van der Waals surface area contributed by atoms with E-state index < -0.39 is 6.10 Å². The van der Waals surface area contributed by atoms with Gasteiger partial charge in [0.2, 0.25) is 0 Å². The molecule has 4 nitrogen and oxygen atoms in total. The fourth-order valence-corrected chi connectivity index (χ4v) is 2.01. The number of fused-ring (bicyclic) bond motifs is 1. The van der Waals surface area contributed by atoms with Gasteiger partial charge in [-0.25, -0.2) is 0 Å². The van der Waals surface area contributed by atoms with Crippen LogP contribution in [-0.4, -0.2) is 23.2 Å². The fraction of sp³-hybridized carbons (Fsp3) is 0.455. The molecule has 1 aliphatic carbocycles. The van der Waals surface area contributed by atoms with Gasteiger partial charge in [-0.3, -0.25) is 9.78 Å². The summed E-state index contributed by atoms with van der Waals surface area (Å²) in [5.41, 5.74) is 1.40. The molecule has 0 spiro atoms. The van der Waals surface area contributed by atoms with Crippen LogP contribution in [-0.2, 0) is 9.53 Å². The number of pyridine rings is 1. The van der Waals surface area contributed by atoms with Crippen LogP contribution in [0.15, 0.2) is 18.3 Å². The minimum absolute atomic E-state index is 0.254. The second-order valence-corrected chi connectivity index (χ2v) is 3.65. The van der Waals surface area contributed by atoms with Crippen molar-refractivity contribution in [3.63, 3.8) is 0 Å². The molecular weight excluding hydrogens is 194 g/mol. The standard InChI is InChI=1S/C11H13NO3/c1-15-11(14)8-4-5-9(13)10-7(8)3-2-6-12-10/h2-3,6,8-9,13H,4-5H2,1H3/t8-,9?/m0/s1. The van der Waals surface area contributed by atoms with Crippen molar-refractivity contribution >= 4 is 5.97 Å². The predicted molar refractivity (Wildman–Crippen MR) is 53.2 cm³/mol. The third-order valence-corrected chi connectivity index (χ3v) is 2.78. The van der Waals surface area contributed by atoms with Gasteiger partial charge in [0.25, 0.3) is 0 Å². The normalized spacial score (nSPS) is 24.4. The zero-order chi connectivity index (χ0) is 10.8. The molecule has 2 rings (SSSR count). The quantitative estimate of drug-likeness (QED) is 0.702. The Morgan fingerprint density at radius 1 is 1.60 bits per heavy atom. The Kier molecular flexibility index (Phi) is 2.68. The van der Waals surface area contributed by atoms with Gasteiger partial charge in [0.05, 0.1) is 24.8 Å². The van der Waals surface area contributed by atoms with Gasteiger partial charge in [0.1, 0.15) is 0 Å². The summed E-state index contributed by atoms with van der Waals surface area (Å²) in [6.45, 7) is 0. The molecule has 0 aliphatic heterocycles. The highest BCUT2D eigenvalue weighted by Crippen LogP contribution is 2.36. The largest absolute Gasteiger partial charge is 0.469 e. The molecule has 0 saturated carbocycles. The van der Waals surface area contributed by atoms with E-state index in [2.05, 4.69) is 4.98 Å². The first-order valence-electron chi connectivity index (χ1n) is 4.94. The van der Waals surface area contributed by atoms with Gasteiger partial charge in [-0.2, -0.15) is 0 Å². The lowest BCUT2D eigenvalue weighted by Crippen LogP contribution is -2.22. The summed E-state index contributed by atoms with van der Waals surface area (Å²) in [5, 5.41) is 9.72. The number of rotatable bonds is 1. The van der Waals surface area contributed by atoms with E-state index in [-0.39, 0.29) is 11.9 Å². The molecule has 15 heavy (non-hydrogen) atoms. The van der Waals surface area contributed by atoms with Gasteiger partial charge >= 0.3 is 5.97 Å². The number of methoxy groups -OCH3 is 1. The van der Waals surface area contributed by atoms with Crippen molar-refractivity contribution in [1.82, 2.24) is 4.98 Å². The molecule has 0 bridgehead atoms. The minimum atomic E-state index is -0.554. The first-order valence-corrected chi connectivity index (χ1v) is 4.94. The summed E-state index contributed by atoms with van der Waals surface area (Å²) in [7, 11) is 1.38. The Morgan fingerprint density at radius 2 is 2.40 bits per heavy atom. The molecule has 1 N–H and O–H groups in total. The topological polar surface area (TPSA) is 59.4 Å². The van der Waals surface area contributed by atoms with E-state index in [1.54, 1.807) is 12.3 Å². The number of aliphatic hydroxyl groups excluding tert-OH is 1. The molecule has 0 amide bonds. The number of hydrogen-bond donors (Lipinski definition) is 1. The lowest BCUT2D eigenvalue weighted by molar-refractivity contribution is -0.143. The molecule has 0 saturated heterocycles. The zero-order valence-electron chi connectivity index (χ0n) is 8.51. The van der Waals surface area contributed by atoms with Crippen LogP contribution < -0.4 is 0 Å². The van der Waals surface area contributed by atoms with Crippen LogP contribution in [0.2, 0.25) is 0 Å². The summed E-state index contributed by atoms with van der Waals surface area (Å²) in [6.07, 6.45) is 2.25. The van der Waals surface area contributed by atoms with Gasteiger partial charge in [-0.05, 0) is 24.5 Å². The van der Waals surface area contributed by atoms with E-state index >= 15 is 0 Å². The van der Waals surface area contributed by atoms with E-state index in [4.69, 9.17) is 4.74 Å². The summed E-state index contributed by atoms with van der Waals surface area (Å²) < 4.78 is 4.73. The molecule has 1 aromatic heterocycles. The maximum Gasteiger partial charge on any atom is 0.313 e. The van der Waals surface area contributed by atoms with E-state index in [9.17, 15) is 9.90 Å². The van der Waals surface area contributed by atoms with Gasteiger partial charge in [-0.1, -0.05) is 6.07 Å². The Bertz CT molecular complexity index is 378. The average Bonchev–Trinajstić information content (AvgIpc) is 2.29. The zero-order valence-corrected chi connectivity index (χ0v) is 8.51. The first-order chi connectivity index (χ1) is 7.24. The molecule has 0 radical (unpaired) electrons.